The highest BCUT2D eigenvalue weighted by Gasteiger charge is 2.36. The second kappa shape index (κ2) is 8.82. The van der Waals surface area contributed by atoms with Gasteiger partial charge in [-0.1, -0.05) is 28.9 Å². The summed E-state index contributed by atoms with van der Waals surface area (Å²) in [6.45, 7) is -0.210. The van der Waals surface area contributed by atoms with E-state index in [0.29, 0.717) is 16.5 Å². The van der Waals surface area contributed by atoms with Crippen LogP contribution in [-0.4, -0.2) is 46.5 Å². The normalized spacial score (nSPS) is 15.7. The summed E-state index contributed by atoms with van der Waals surface area (Å²) in [6.07, 6.45) is -1.46. The summed E-state index contributed by atoms with van der Waals surface area (Å²) in [5, 5.41) is 17.6. The van der Waals surface area contributed by atoms with Crippen molar-refractivity contribution in [1.82, 2.24) is 35.3 Å². The highest BCUT2D eigenvalue weighted by molar-refractivity contribution is 8.18. The molecule has 0 unspecified atom stereocenters. The third-order valence-electron chi connectivity index (χ3n) is 5.22. The zero-order valence-corrected chi connectivity index (χ0v) is 19.0. The van der Waals surface area contributed by atoms with Crippen molar-refractivity contribution in [1.29, 1.82) is 0 Å². The number of alkyl halides is 3. The Bertz CT molecular complexity index is 1480. The van der Waals surface area contributed by atoms with Gasteiger partial charge in [-0.25, -0.2) is 0 Å². The molecule has 178 valence electrons. The molecular weight excluding hydrogens is 507 g/mol. The average Bonchev–Trinajstić information content (AvgIpc) is 3.52. The van der Waals surface area contributed by atoms with Gasteiger partial charge in [-0.2, -0.15) is 23.5 Å². The molecule has 1 aliphatic rings. The fourth-order valence-electron chi connectivity index (χ4n) is 3.61. The number of fused-ring (bicyclic) bond motifs is 1. The number of aromatic nitrogens is 6. The number of carbonyl (C=O) groups excluding carboxylic acids is 2. The second-order valence-corrected chi connectivity index (χ2v) is 8.95. The number of tetrazole rings is 1. The van der Waals surface area contributed by atoms with Gasteiger partial charge in [0.15, 0.2) is 5.82 Å². The predicted octanol–water partition coefficient (Wildman–Crippen LogP) is 4.51. The Hall–Kier alpha value is -3.71. The Morgan fingerprint density at radius 2 is 1.94 bits per heavy atom. The van der Waals surface area contributed by atoms with Crippen molar-refractivity contribution in [3.05, 3.63) is 75.0 Å². The molecule has 1 fully saturated rings. The standard InChI is InChI=1S/C21H13ClF3N7O2S/c22-14-3-2-12(15(7-14)21(23,24)25)9-32-16-4-1-11(5-13(16)8-26-32)6-17-19(33)31(20(34)35-17)10-18-27-29-30-28-18/h1-8H,9-10H2,(H,27,28,29,30). The molecule has 4 aromatic rings. The zero-order valence-electron chi connectivity index (χ0n) is 17.5. The first-order chi connectivity index (χ1) is 16.7. The lowest BCUT2D eigenvalue weighted by molar-refractivity contribution is -0.138. The lowest BCUT2D eigenvalue weighted by Crippen LogP contribution is -2.28. The monoisotopic (exact) mass is 519 g/mol. The number of H-pyrrole nitrogens is 1. The molecule has 2 amide bonds. The molecule has 0 saturated carbocycles. The van der Waals surface area contributed by atoms with Crippen LogP contribution in [0, 0.1) is 0 Å². The minimum absolute atomic E-state index is 0.00209. The van der Waals surface area contributed by atoms with E-state index in [0.717, 1.165) is 22.7 Å². The molecule has 1 N–H and O–H groups in total. The lowest BCUT2D eigenvalue weighted by Gasteiger charge is -2.14. The molecule has 5 rings (SSSR count). The molecule has 0 bridgehead atoms. The van der Waals surface area contributed by atoms with Crippen LogP contribution in [0.4, 0.5) is 18.0 Å². The van der Waals surface area contributed by atoms with Gasteiger partial charge >= 0.3 is 6.18 Å². The topological polar surface area (TPSA) is 110 Å². The van der Waals surface area contributed by atoms with Crippen LogP contribution in [0.5, 0.6) is 0 Å². The number of rotatable bonds is 5. The van der Waals surface area contributed by atoms with E-state index in [2.05, 4.69) is 25.7 Å². The number of aromatic amines is 1. The Labute approximate surface area is 203 Å². The molecule has 14 heteroatoms. The molecule has 1 aliphatic heterocycles. The van der Waals surface area contributed by atoms with E-state index in [-0.39, 0.29) is 34.4 Å². The van der Waals surface area contributed by atoms with Crippen LogP contribution in [-0.2, 0) is 24.1 Å². The third-order valence-corrected chi connectivity index (χ3v) is 6.37. The maximum Gasteiger partial charge on any atom is 0.416 e. The van der Waals surface area contributed by atoms with Crippen LogP contribution in [0.1, 0.15) is 22.5 Å². The van der Waals surface area contributed by atoms with Crippen LogP contribution in [0.25, 0.3) is 17.0 Å². The summed E-state index contributed by atoms with van der Waals surface area (Å²) < 4.78 is 41.8. The van der Waals surface area contributed by atoms with Crippen molar-refractivity contribution in [2.45, 2.75) is 19.3 Å². The van der Waals surface area contributed by atoms with Gasteiger partial charge in [-0.15, -0.1) is 10.2 Å². The molecule has 0 aliphatic carbocycles. The smallest absolute Gasteiger partial charge is 0.268 e. The number of amides is 2. The van der Waals surface area contributed by atoms with Crippen LogP contribution in [0.3, 0.4) is 0 Å². The molecule has 2 aromatic carbocycles. The second-order valence-electron chi connectivity index (χ2n) is 7.52. The summed E-state index contributed by atoms with van der Waals surface area (Å²) in [6, 6.07) is 8.76. The Balaban J connectivity index is 1.40. The minimum atomic E-state index is -4.55. The molecule has 0 spiro atoms. The molecule has 1 saturated heterocycles. The fourth-order valence-corrected chi connectivity index (χ4v) is 4.62. The Morgan fingerprint density at radius 1 is 1.11 bits per heavy atom. The van der Waals surface area contributed by atoms with E-state index in [1.807, 2.05) is 0 Å². The number of carbonyl (C=O) groups is 2. The Morgan fingerprint density at radius 3 is 2.69 bits per heavy atom. The predicted molar refractivity (Wildman–Crippen MR) is 121 cm³/mol. The van der Waals surface area contributed by atoms with Gasteiger partial charge in [0, 0.05) is 10.4 Å². The maximum atomic E-state index is 13.4. The molecule has 0 atom stereocenters. The summed E-state index contributed by atoms with van der Waals surface area (Å²) in [5.41, 5.74) is 0.452. The molecular formula is C21H13ClF3N7O2S. The van der Waals surface area contributed by atoms with Crippen molar-refractivity contribution in [2.75, 3.05) is 0 Å². The van der Waals surface area contributed by atoms with Gasteiger partial charge in [-0.05, 0) is 53.2 Å². The van der Waals surface area contributed by atoms with E-state index < -0.39 is 22.9 Å². The first kappa shape index (κ1) is 23.1. The van der Waals surface area contributed by atoms with Gasteiger partial charge < -0.3 is 0 Å². The number of halogens is 4. The largest absolute Gasteiger partial charge is 0.416 e. The van der Waals surface area contributed by atoms with Crippen LogP contribution < -0.4 is 0 Å². The molecule has 2 aromatic heterocycles. The van der Waals surface area contributed by atoms with Crippen molar-refractivity contribution in [3.63, 3.8) is 0 Å². The van der Waals surface area contributed by atoms with Crippen molar-refractivity contribution in [3.8, 4) is 0 Å². The van der Waals surface area contributed by atoms with Crippen LogP contribution in [0.2, 0.25) is 5.02 Å². The average molecular weight is 520 g/mol. The highest BCUT2D eigenvalue weighted by Crippen LogP contribution is 2.35. The lowest BCUT2D eigenvalue weighted by atomic mass is 10.1. The summed E-state index contributed by atoms with van der Waals surface area (Å²) >= 11 is 6.55. The number of benzene rings is 2. The van der Waals surface area contributed by atoms with E-state index in [4.69, 9.17) is 11.6 Å². The van der Waals surface area contributed by atoms with Crippen molar-refractivity contribution in [2.24, 2.45) is 0 Å². The van der Waals surface area contributed by atoms with Crippen molar-refractivity contribution >= 4 is 51.5 Å². The summed E-state index contributed by atoms with van der Waals surface area (Å²) in [5.74, 6) is -0.278. The molecule has 35 heavy (non-hydrogen) atoms. The SMILES string of the molecule is O=C1SC(=Cc2ccc3c(cnn3Cc3ccc(Cl)cc3C(F)(F)F)c2)C(=O)N1Cc1nn[nH]n1. The summed E-state index contributed by atoms with van der Waals surface area (Å²) in [7, 11) is 0. The number of imide groups is 1. The number of nitrogens with zero attached hydrogens (tertiary/aromatic N) is 6. The maximum absolute atomic E-state index is 13.4. The highest BCUT2D eigenvalue weighted by atomic mass is 35.5. The van der Waals surface area contributed by atoms with E-state index in [9.17, 15) is 22.8 Å². The van der Waals surface area contributed by atoms with Crippen LogP contribution in [0.15, 0.2) is 47.5 Å². The van der Waals surface area contributed by atoms with Gasteiger partial charge in [-0.3, -0.25) is 19.2 Å². The molecule has 9 nitrogen and oxygen atoms in total. The van der Waals surface area contributed by atoms with Gasteiger partial charge in [0.2, 0.25) is 0 Å². The quantitative estimate of drug-likeness (QED) is 0.386. The van der Waals surface area contributed by atoms with E-state index in [1.165, 1.54) is 23.0 Å². The number of nitrogens with one attached hydrogen (secondary N) is 1. The first-order valence-corrected chi connectivity index (χ1v) is 11.2. The summed E-state index contributed by atoms with van der Waals surface area (Å²) in [4.78, 5) is 26.2. The number of hydrogen-bond acceptors (Lipinski definition) is 7. The fraction of sp³-hybridized carbons (Fsp3) is 0.143. The zero-order chi connectivity index (χ0) is 24.7. The number of hydrogen-bond donors (Lipinski definition) is 1. The van der Waals surface area contributed by atoms with Gasteiger partial charge in [0.25, 0.3) is 11.1 Å². The van der Waals surface area contributed by atoms with Gasteiger partial charge in [0.1, 0.15) is 0 Å². The number of thioether (sulfide) groups is 1. The first-order valence-electron chi connectivity index (χ1n) is 9.98. The van der Waals surface area contributed by atoms with Crippen molar-refractivity contribution < 1.29 is 22.8 Å². The molecule has 0 radical (unpaired) electrons. The minimum Gasteiger partial charge on any atom is -0.268 e. The van der Waals surface area contributed by atoms with E-state index >= 15 is 0 Å². The Kier molecular flexibility index (Phi) is 5.81. The van der Waals surface area contributed by atoms with Crippen LogP contribution >= 0.6 is 23.4 Å². The molecule has 3 heterocycles. The third kappa shape index (κ3) is 4.64. The van der Waals surface area contributed by atoms with E-state index in [1.54, 1.807) is 24.3 Å². The van der Waals surface area contributed by atoms with Gasteiger partial charge in [0.05, 0.1) is 35.3 Å².